The molecule has 132 valence electrons. The van der Waals surface area contributed by atoms with Crippen LogP contribution in [-0.2, 0) is 9.53 Å². The normalized spacial score (nSPS) is 11.1. The van der Waals surface area contributed by atoms with Crippen LogP contribution in [0.2, 0.25) is 0 Å². The van der Waals surface area contributed by atoms with E-state index < -0.39 is 5.91 Å². The van der Waals surface area contributed by atoms with Crippen molar-refractivity contribution in [2.75, 3.05) is 27.4 Å². The molecule has 0 aliphatic carbocycles. The number of carbonyl (C=O) groups excluding carboxylic acids is 2. The second-order valence-electron chi connectivity index (χ2n) is 4.82. The van der Waals surface area contributed by atoms with E-state index in [1.165, 1.54) is 13.2 Å². The first-order valence-corrected chi connectivity index (χ1v) is 7.51. The summed E-state index contributed by atoms with van der Waals surface area (Å²) in [5, 5.41) is 3.19. The second kappa shape index (κ2) is 10.4. The van der Waals surface area contributed by atoms with E-state index in [-0.39, 0.29) is 17.8 Å². The number of thiocarbonyl (C=S) groups is 1. The number of amides is 1. The topological polar surface area (TPSA) is 97.9 Å². The van der Waals surface area contributed by atoms with Crippen molar-refractivity contribution < 1.29 is 23.8 Å². The molecule has 1 amide bonds. The molecule has 0 saturated carbocycles. The van der Waals surface area contributed by atoms with Crippen molar-refractivity contribution in [3.63, 3.8) is 0 Å². The van der Waals surface area contributed by atoms with Gasteiger partial charge in [0.05, 0.1) is 13.7 Å². The maximum Gasteiger partial charge on any atom is 0.276 e. The average molecular weight is 355 g/mol. The highest BCUT2D eigenvalue weighted by Crippen LogP contribution is 2.27. The van der Waals surface area contributed by atoms with Gasteiger partial charge in [-0.3, -0.25) is 20.4 Å². The number of nitrogens with one attached hydrogen (secondary N) is 3. The monoisotopic (exact) mass is 355 g/mol. The molecule has 0 unspecified atom stereocenters. The zero-order valence-corrected chi connectivity index (χ0v) is 14.6. The molecular weight excluding hydrogens is 334 g/mol. The number of hydrogen-bond donors (Lipinski definition) is 3. The summed E-state index contributed by atoms with van der Waals surface area (Å²) in [6.07, 6.45) is 0.696. The molecule has 0 saturated heterocycles. The molecule has 0 aliphatic heterocycles. The van der Waals surface area contributed by atoms with Gasteiger partial charge in [-0.15, -0.1) is 0 Å². The van der Waals surface area contributed by atoms with E-state index in [2.05, 4.69) is 16.2 Å². The van der Waals surface area contributed by atoms with Gasteiger partial charge >= 0.3 is 0 Å². The summed E-state index contributed by atoms with van der Waals surface area (Å²) in [7, 11) is 3.04. The van der Waals surface area contributed by atoms with Crippen LogP contribution in [0.5, 0.6) is 11.5 Å². The summed E-state index contributed by atoms with van der Waals surface area (Å²) >= 11 is 5.02. The Balaban J connectivity index is 2.41. The Bertz CT molecular complexity index is 582. The third-order valence-corrected chi connectivity index (χ3v) is 3.01. The largest absolute Gasteiger partial charge is 0.493 e. The van der Waals surface area contributed by atoms with E-state index >= 15 is 0 Å². The first-order chi connectivity index (χ1) is 11.5. The molecule has 1 aromatic rings. The van der Waals surface area contributed by atoms with E-state index in [0.717, 1.165) is 0 Å². The van der Waals surface area contributed by atoms with Crippen molar-refractivity contribution in [3.05, 3.63) is 23.8 Å². The Morgan fingerprint density at radius 2 is 2.04 bits per heavy atom. The lowest BCUT2D eigenvalue weighted by Gasteiger charge is -2.16. The molecule has 1 aromatic carbocycles. The highest BCUT2D eigenvalue weighted by molar-refractivity contribution is 7.80. The lowest BCUT2D eigenvalue weighted by Crippen LogP contribution is -2.50. The standard InChI is InChI=1S/C15H21N3O5S/c1-10(8-21-2)16-15(24)18-17-14(20)9-23-12-5-4-11(7-19)6-13(12)22-3/h4-7,10H,8-9H2,1-3H3,(H,17,20)(H2,16,18,24)/t10-/m0/s1. The summed E-state index contributed by atoms with van der Waals surface area (Å²) in [5.74, 6) is 0.290. The summed E-state index contributed by atoms with van der Waals surface area (Å²) in [6.45, 7) is 2.12. The molecule has 1 rings (SSSR count). The fraction of sp³-hybridized carbons (Fsp3) is 0.400. The third-order valence-electron chi connectivity index (χ3n) is 2.79. The Morgan fingerprint density at radius 1 is 1.29 bits per heavy atom. The van der Waals surface area contributed by atoms with Crippen LogP contribution in [0.4, 0.5) is 0 Å². The van der Waals surface area contributed by atoms with Crippen LogP contribution in [0.25, 0.3) is 0 Å². The predicted molar refractivity (Wildman–Crippen MR) is 92.2 cm³/mol. The predicted octanol–water partition coefficient (Wildman–Crippen LogP) is 0.417. The second-order valence-corrected chi connectivity index (χ2v) is 5.23. The summed E-state index contributed by atoms with van der Waals surface area (Å²) in [4.78, 5) is 22.5. The minimum Gasteiger partial charge on any atom is -0.493 e. The molecule has 3 N–H and O–H groups in total. The van der Waals surface area contributed by atoms with Crippen LogP contribution in [0.1, 0.15) is 17.3 Å². The van der Waals surface area contributed by atoms with Gasteiger partial charge in [0.15, 0.2) is 23.2 Å². The van der Waals surface area contributed by atoms with E-state index in [1.807, 2.05) is 6.92 Å². The Labute approximate surface area is 145 Å². The van der Waals surface area contributed by atoms with Gasteiger partial charge in [-0.2, -0.15) is 0 Å². The number of ether oxygens (including phenoxy) is 3. The molecule has 0 fully saturated rings. The number of hydrazine groups is 1. The maximum atomic E-state index is 11.7. The summed E-state index contributed by atoms with van der Waals surface area (Å²) in [5.41, 5.74) is 5.42. The van der Waals surface area contributed by atoms with Crippen LogP contribution in [-0.4, -0.2) is 50.8 Å². The van der Waals surface area contributed by atoms with Crippen molar-refractivity contribution in [1.82, 2.24) is 16.2 Å². The molecule has 24 heavy (non-hydrogen) atoms. The highest BCUT2D eigenvalue weighted by atomic mass is 32.1. The highest BCUT2D eigenvalue weighted by Gasteiger charge is 2.09. The molecule has 0 aliphatic rings. The van der Waals surface area contributed by atoms with Crippen molar-refractivity contribution >= 4 is 29.5 Å². The molecule has 9 heteroatoms. The van der Waals surface area contributed by atoms with E-state index in [9.17, 15) is 9.59 Å². The van der Waals surface area contributed by atoms with Crippen molar-refractivity contribution in [2.45, 2.75) is 13.0 Å². The molecule has 0 aromatic heterocycles. The SMILES string of the molecule is COC[C@H](C)NC(=S)NNC(=O)COc1ccc(C=O)cc1OC. The molecule has 8 nitrogen and oxygen atoms in total. The van der Waals surface area contributed by atoms with Crippen molar-refractivity contribution in [1.29, 1.82) is 0 Å². The molecular formula is C15H21N3O5S. The number of methoxy groups -OCH3 is 2. The number of benzene rings is 1. The number of aldehydes is 1. The smallest absolute Gasteiger partial charge is 0.276 e. The Hall–Kier alpha value is -2.39. The van der Waals surface area contributed by atoms with Gasteiger partial charge in [0.1, 0.15) is 6.29 Å². The number of carbonyl (C=O) groups is 2. The van der Waals surface area contributed by atoms with Crippen LogP contribution >= 0.6 is 12.2 Å². The number of hydrogen-bond acceptors (Lipinski definition) is 6. The zero-order valence-electron chi connectivity index (χ0n) is 13.8. The first-order valence-electron chi connectivity index (χ1n) is 7.10. The van der Waals surface area contributed by atoms with E-state index in [4.69, 9.17) is 26.4 Å². The Morgan fingerprint density at radius 3 is 2.67 bits per heavy atom. The van der Waals surface area contributed by atoms with Gasteiger partial charge in [-0.25, -0.2) is 0 Å². The van der Waals surface area contributed by atoms with Gasteiger partial charge in [0.25, 0.3) is 5.91 Å². The molecule has 0 bridgehead atoms. The van der Waals surface area contributed by atoms with Crippen LogP contribution in [0.3, 0.4) is 0 Å². The number of rotatable bonds is 8. The van der Waals surface area contributed by atoms with Gasteiger partial charge in [-0.05, 0) is 37.3 Å². The fourth-order valence-corrected chi connectivity index (χ4v) is 1.99. The van der Waals surface area contributed by atoms with Gasteiger partial charge < -0.3 is 19.5 Å². The first kappa shape index (κ1) is 19.7. The van der Waals surface area contributed by atoms with Crippen molar-refractivity contribution in [3.8, 4) is 11.5 Å². The molecule has 0 spiro atoms. The lowest BCUT2D eigenvalue weighted by molar-refractivity contribution is -0.123. The van der Waals surface area contributed by atoms with Crippen LogP contribution in [0, 0.1) is 0 Å². The summed E-state index contributed by atoms with van der Waals surface area (Å²) < 4.78 is 15.4. The van der Waals surface area contributed by atoms with Gasteiger partial charge in [0, 0.05) is 18.7 Å². The van der Waals surface area contributed by atoms with E-state index in [0.29, 0.717) is 30.0 Å². The minimum absolute atomic E-state index is 0.00347. The third kappa shape index (κ3) is 6.80. The van der Waals surface area contributed by atoms with Gasteiger partial charge in [-0.1, -0.05) is 0 Å². The fourth-order valence-electron chi connectivity index (χ4n) is 1.73. The molecule has 1 atom stereocenters. The lowest BCUT2D eigenvalue weighted by atomic mass is 10.2. The van der Waals surface area contributed by atoms with E-state index in [1.54, 1.807) is 19.2 Å². The van der Waals surface area contributed by atoms with Crippen LogP contribution in [0.15, 0.2) is 18.2 Å². The quantitative estimate of drug-likeness (QED) is 0.351. The van der Waals surface area contributed by atoms with Crippen LogP contribution < -0.4 is 25.6 Å². The maximum absolute atomic E-state index is 11.7. The summed E-state index contributed by atoms with van der Waals surface area (Å²) in [6, 6.07) is 4.65. The minimum atomic E-state index is -0.430. The van der Waals surface area contributed by atoms with Crippen molar-refractivity contribution in [2.24, 2.45) is 0 Å². The molecule has 0 radical (unpaired) electrons. The zero-order chi connectivity index (χ0) is 17.9. The molecule has 0 heterocycles. The van der Waals surface area contributed by atoms with Gasteiger partial charge in [0.2, 0.25) is 0 Å². The average Bonchev–Trinajstić information content (AvgIpc) is 2.58. The Kier molecular flexibility index (Phi) is 8.52.